The predicted molar refractivity (Wildman–Crippen MR) is 142 cm³/mol. The van der Waals surface area contributed by atoms with Gasteiger partial charge in [-0.2, -0.15) is 0 Å². The van der Waals surface area contributed by atoms with Crippen LogP contribution < -0.4 is 9.62 Å². The zero-order chi connectivity index (χ0) is 26.3. The second-order valence-electron chi connectivity index (χ2n) is 8.89. The van der Waals surface area contributed by atoms with E-state index in [2.05, 4.69) is 5.32 Å². The molecule has 0 aromatic heterocycles. The number of rotatable bonds is 11. The highest BCUT2D eigenvalue weighted by Crippen LogP contribution is 2.27. The molecule has 0 saturated carbocycles. The molecule has 0 aliphatic rings. The van der Waals surface area contributed by atoms with Crippen molar-refractivity contribution in [3.05, 3.63) is 63.6 Å². The van der Waals surface area contributed by atoms with Gasteiger partial charge in [-0.25, -0.2) is 8.42 Å². The van der Waals surface area contributed by atoms with Gasteiger partial charge in [-0.3, -0.25) is 13.9 Å². The second kappa shape index (κ2) is 12.6. The Morgan fingerprint density at radius 1 is 1.06 bits per heavy atom. The molecule has 0 saturated heterocycles. The molecule has 0 radical (unpaired) electrons. The van der Waals surface area contributed by atoms with Crippen molar-refractivity contribution >= 4 is 50.7 Å². The lowest BCUT2D eigenvalue weighted by Gasteiger charge is -2.33. The average Bonchev–Trinajstić information content (AvgIpc) is 2.76. The number of carbonyl (C=O) groups excluding carboxylic acids is 2. The van der Waals surface area contributed by atoms with Gasteiger partial charge in [-0.1, -0.05) is 62.2 Å². The number of benzene rings is 2. The Hall–Kier alpha value is -2.29. The number of halogens is 2. The summed E-state index contributed by atoms with van der Waals surface area (Å²) >= 11 is 12.7. The lowest BCUT2D eigenvalue weighted by molar-refractivity contribution is -0.140. The number of hydrogen-bond acceptors (Lipinski definition) is 4. The van der Waals surface area contributed by atoms with E-state index in [4.69, 9.17) is 23.2 Å². The molecule has 2 aromatic carbocycles. The summed E-state index contributed by atoms with van der Waals surface area (Å²) in [6.07, 6.45) is 1.37. The van der Waals surface area contributed by atoms with E-state index in [1.807, 2.05) is 26.8 Å². The summed E-state index contributed by atoms with van der Waals surface area (Å²) in [5.74, 6) is -0.640. The molecule has 2 rings (SSSR count). The molecule has 35 heavy (non-hydrogen) atoms. The van der Waals surface area contributed by atoms with Crippen LogP contribution in [0.25, 0.3) is 0 Å². The fourth-order valence-electron chi connectivity index (χ4n) is 3.59. The molecule has 2 aromatic rings. The maximum atomic E-state index is 13.7. The first-order valence-corrected chi connectivity index (χ1v) is 14.0. The van der Waals surface area contributed by atoms with Crippen LogP contribution in [0.1, 0.15) is 38.3 Å². The molecule has 0 aliphatic heterocycles. The molecular weight excluding hydrogens is 509 g/mol. The minimum absolute atomic E-state index is 0.0453. The van der Waals surface area contributed by atoms with Gasteiger partial charge < -0.3 is 10.2 Å². The van der Waals surface area contributed by atoms with Crippen molar-refractivity contribution in [1.82, 2.24) is 10.2 Å². The van der Waals surface area contributed by atoms with Crippen LogP contribution in [0, 0.1) is 12.8 Å². The van der Waals surface area contributed by atoms with Crippen LogP contribution in [-0.4, -0.2) is 50.5 Å². The van der Waals surface area contributed by atoms with E-state index in [0.29, 0.717) is 34.3 Å². The van der Waals surface area contributed by atoms with Crippen LogP contribution >= 0.6 is 23.2 Å². The summed E-state index contributed by atoms with van der Waals surface area (Å²) in [6, 6.07) is 11.0. The molecule has 0 bridgehead atoms. The van der Waals surface area contributed by atoms with Crippen molar-refractivity contribution < 1.29 is 18.0 Å². The Labute approximate surface area is 218 Å². The van der Waals surface area contributed by atoms with Gasteiger partial charge in [0.2, 0.25) is 21.8 Å². The van der Waals surface area contributed by atoms with E-state index >= 15 is 0 Å². The SMILES string of the molecule is CC[C@H](C(=O)NCC(C)C)N(Cc1c(Cl)cccc1Cl)C(=O)CN(c1cccc(C)c1)S(C)(=O)=O. The third-order valence-electron chi connectivity index (χ3n) is 5.43. The van der Waals surface area contributed by atoms with Gasteiger partial charge in [0.1, 0.15) is 12.6 Å². The minimum Gasteiger partial charge on any atom is -0.354 e. The number of nitrogens with zero attached hydrogens (tertiary/aromatic N) is 2. The van der Waals surface area contributed by atoms with E-state index in [1.54, 1.807) is 43.3 Å². The molecule has 0 unspecified atom stereocenters. The topological polar surface area (TPSA) is 86.8 Å². The lowest BCUT2D eigenvalue weighted by Crippen LogP contribution is -2.52. The fourth-order valence-corrected chi connectivity index (χ4v) is 4.95. The molecule has 1 atom stereocenters. The molecule has 2 amide bonds. The van der Waals surface area contributed by atoms with Gasteiger partial charge in [0.05, 0.1) is 11.9 Å². The Balaban J connectivity index is 2.48. The van der Waals surface area contributed by atoms with E-state index in [0.717, 1.165) is 16.1 Å². The number of sulfonamides is 1. The summed E-state index contributed by atoms with van der Waals surface area (Å²) in [4.78, 5) is 28.1. The molecule has 1 N–H and O–H groups in total. The standard InChI is InChI=1S/C25H33Cl2N3O4S/c1-6-23(25(32)28-14-17(2)3)29(15-20-21(26)11-8-12-22(20)27)24(31)16-30(35(5,33)34)19-10-7-9-18(4)13-19/h7-13,17,23H,6,14-16H2,1-5H3,(H,28,32)/t23-/m1/s1. The van der Waals surface area contributed by atoms with Gasteiger partial charge in [0, 0.05) is 28.7 Å². The number of aryl methyl sites for hydroxylation is 1. The van der Waals surface area contributed by atoms with Crippen LogP contribution in [0.5, 0.6) is 0 Å². The van der Waals surface area contributed by atoms with E-state index in [9.17, 15) is 18.0 Å². The van der Waals surface area contributed by atoms with Crippen molar-refractivity contribution in [2.24, 2.45) is 5.92 Å². The van der Waals surface area contributed by atoms with Crippen LogP contribution in [-0.2, 0) is 26.2 Å². The molecule has 0 spiro atoms. The Kier molecular flexibility index (Phi) is 10.4. The van der Waals surface area contributed by atoms with Crippen LogP contribution in [0.3, 0.4) is 0 Å². The lowest BCUT2D eigenvalue weighted by atomic mass is 10.1. The summed E-state index contributed by atoms with van der Waals surface area (Å²) in [5, 5.41) is 3.58. The highest BCUT2D eigenvalue weighted by Gasteiger charge is 2.32. The normalized spacial score (nSPS) is 12.3. The number of hydrogen-bond donors (Lipinski definition) is 1. The molecular formula is C25H33Cl2N3O4S. The quantitative estimate of drug-likeness (QED) is 0.448. The number of carbonyl (C=O) groups is 2. The Morgan fingerprint density at radius 3 is 2.17 bits per heavy atom. The molecule has 0 fully saturated rings. The van der Waals surface area contributed by atoms with Gasteiger partial charge in [0.15, 0.2) is 0 Å². The van der Waals surface area contributed by atoms with Gasteiger partial charge in [0.25, 0.3) is 0 Å². The molecule has 0 heterocycles. The van der Waals surface area contributed by atoms with Crippen molar-refractivity contribution in [2.75, 3.05) is 23.7 Å². The minimum atomic E-state index is -3.79. The van der Waals surface area contributed by atoms with Crippen LogP contribution in [0.4, 0.5) is 5.69 Å². The summed E-state index contributed by atoms with van der Waals surface area (Å²) in [5.41, 5.74) is 1.71. The van der Waals surface area contributed by atoms with Gasteiger partial charge >= 0.3 is 0 Å². The first kappa shape index (κ1) is 28.9. The van der Waals surface area contributed by atoms with Crippen molar-refractivity contribution in [3.63, 3.8) is 0 Å². The predicted octanol–water partition coefficient (Wildman–Crippen LogP) is 4.65. The van der Waals surface area contributed by atoms with Gasteiger partial charge in [-0.05, 0) is 49.1 Å². The largest absolute Gasteiger partial charge is 0.354 e. The molecule has 7 nitrogen and oxygen atoms in total. The monoisotopic (exact) mass is 541 g/mol. The van der Waals surface area contributed by atoms with Crippen molar-refractivity contribution in [1.29, 1.82) is 0 Å². The van der Waals surface area contributed by atoms with E-state index in [1.165, 1.54) is 4.90 Å². The summed E-state index contributed by atoms with van der Waals surface area (Å²) in [6.45, 7) is 7.50. The maximum absolute atomic E-state index is 13.7. The number of nitrogens with one attached hydrogen (secondary N) is 1. The van der Waals surface area contributed by atoms with Crippen LogP contribution in [0.15, 0.2) is 42.5 Å². The maximum Gasteiger partial charge on any atom is 0.244 e. The highest BCUT2D eigenvalue weighted by molar-refractivity contribution is 7.92. The summed E-state index contributed by atoms with van der Waals surface area (Å²) < 4.78 is 26.3. The van der Waals surface area contributed by atoms with Crippen molar-refractivity contribution in [2.45, 2.75) is 46.7 Å². The smallest absolute Gasteiger partial charge is 0.244 e. The fraction of sp³-hybridized carbons (Fsp3) is 0.440. The zero-order valence-electron chi connectivity index (χ0n) is 20.7. The number of anilines is 1. The Bertz CT molecular complexity index is 1130. The molecule has 10 heteroatoms. The van der Waals surface area contributed by atoms with Crippen LogP contribution in [0.2, 0.25) is 10.0 Å². The molecule has 192 valence electrons. The van der Waals surface area contributed by atoms with Crippen molar-refractivity contribution in [3.8, 4) is 0 Å². The second-order valence-corrected chi connectivity index (χ2v) is 11.6. The zero-order valence-corrected chi connectivity index (χ0v) is 23.0. The van der Waals surface area contributed by atoms with E-state index < -0.39 is 28.5 Å². The Morgan fingerprint density at radius 2 is 1.66 bits per heavy atom. The first-order valence-electron chi connectivity index (χ1n) is 11.4. The van der Waals surface area contributed by atoms with Gasteiger partial charge in [-0.15, -0.1) is 0 Å². The number of amides is 2. The first-order chi connectivity index (χ1) is 16.3. The average molecular weight is 543 g/mol. The summed E-state index contributed by atoms with van der Waals surface area (Å²) in [7, 11) is -3.79. The highest BCUT2D eigenvalue weighted by atomic mass is 35.5. The van der Waals surface area contributed by atoms with E-state index in [-0.39, 0.29) is 18.4 Å². The molecule has 0 aliphatic carbocycles. The third kappa shape index (κ3) is 8.12. The third-order valence-corrected chi connectivity index (χ3v) is 7.28.